The molecule has 1 saturated carbocycles. The quantitative estimate of drug-likeness (QED) is 0.768. The number of hydrogen-bond donors (Lipinski definition) is 2. The topological polar surface area (TPSA) is 27.3 Å². The molecule has 1 spiro atoms. The van der Waals surface area contributed by atoms with Crippen LogP contribution < -0.4 is 15.8 Å². The highest BCUT2D eigenvalue weighted by Gasteiger charge is 2.45. The van der Waals surface area contributed by atoms with Gasteiger partial charge in [-0.25, -0.2) is 5.43 Å². The highest BCUT2D eigenvalue weighted by atomic mass is 32.1. The Hall–Kier alpha value is -1.13. The van der Waals surface area contributed by atoms with E-state index < -0.39 is 0 Å². The molecule has 0 radical (unpaired) electrons. The summed E-state index contributed by atoms with van der Waals surface area (Å²) in [5.74, 6) is 0.806. The van der Waals surface area contributed by atoms with E-state index >= 15 is 0 Å². The van der Waals surface area contributed by atoms with Gasteiger partial charge in [-0.1, -0.05) is 33.3 Å². The van der Waals surface area contributed by atoms with Gasteiger partial charge in [0.15, 0.2) is 5.11 Å². The minimum Gasteiger partial charge on any atom is -0.342 e. The first-order valence-electron chi connectivity index (χ1n) is 9.24. The number of hydrazine groups is 1. The van der Waals surface area contributed by atoms with Crippen molar-refractivity contribution in [3.63, 3.8) is 0 Å². The van der Waals surface area contributed by atoms with Crippen molar-refractivity contribution in [1.29, 1.82) is 0 Å². The molecule has 1 heterocycles. The van der Waals surface area contributed by atoms with Gasteiger partial charge in [-0.2, -0.15) is 0 Å². The van der Waals surface area contributed by atoms with Gasteiger partial charge >= 0.3 is 0 Å². The maximum atomic E-state index is 5.63. The first-order valence-corrected chi connectivity index (χ1v) is 9.64. The molecule has 1 aromatic carbocycles. The number of anilines is 1. The molecule has 0 bridgehead atoms. The number of benzene rings is 1. The van der Waals surface area contributed by atoms with Crippen molar-refractivity contribution < 1.29 is 0 Å². The standard InChI is InChI=1S/C20H31N3S/c1-6-19(4,5)16-9-11-20(12-10-16)21-18(24)23(22-20)17-8-7-14(2)15(3)13-17/h7-8,13,16,22H,6,9-12H2,1-5H3,(H,21,24). The average molecular weight is 346 g/mol. The highest BCUT2D eigenvalue weighted by Crippen LogP contribution is 2.43. The zero-order valence-electron chi connectivity index (χ0n) is 15.7. The molecule has 4 heteroatoms. The lowest BCUT2D eigenvalue weighted by atomic mass is 9.67. The van der Waals surface area contributed by atoms with Crippen LogP contribution in [0.4, 0.5) is 5.69 Å². The molecular formula is C20H31N3S. The molecule has 1 saturated heterocycles. The van der Waals surface area contributed by atoms with Gasteiger partial charge in [-0.15, -0.1) is 0 Å². The second kappa shape index (κ2) is 6.30. The lowest BCUT2D eigenvalue weighted by Crippen LogP contribution is -2.54. The second-order valence-electron chi connectivity index (χ2n) is 8.34. The summed E-state index contributed by atoms with van der Waals surface area (Å²) in [4.78, 5) is 0. The van der Waals surface area contributed by atoms with Crippen molar-refractivity contribution in [3.8, 4) is 0 Å². The van der Waals surface area contributed by atoms with Gasteiger partial charge in [0, 0.05) is 0 Å². The zero-order chi connectivity index (χ0) is 17.5. The van der Waals surface area contributed by atoms with Crippen molar-refractivity contribution >= 4 is 23.0 Å². The lowest BCUT2D eigenvalue weighted by Gasteiger charge is -2.43. The molecule has 2 fully saturated rings. The molecule has 2 aliphatic rings. The number of hydrogen-bond acceptors (Lipinski definition) is 2. The van der Waals surface area contributed by atoms with Crippen molar-refractivity contribution in [3.05, 3.63) is 29.3 Å². The third kappa shape index (κ3) is 3.18. The third-order valence-corrected chi connectivity index (χ3v) is 6.76. The third-order valence-electron chi connectivity index (χ3n) is 6.48. The summed E-state index contributed by atoms with van der Waals surface area (Å²) in [5, 5.41) is 6.45. The number of nitrogens with one attached hydrogen (secondary N) is 2. The zero-order valence-corrected chi connectivity index (χ0v) is 16.5. The maximum Gasteiger partial charge on any atom is 0.189 e. The van der Waals surface area contributed by atoms with Crippen LogP contribution in [0.15, 0.2) is 18.2 Å². The molecular weight excluding hydrogens is 314 g/mol. The van der Waals surface area contributed by atoms with Crippen LogP contribution in [0, 0.1) is 25.2 Å². The van der Waals surface area contributed by atoms with Crippen LogP contribution >= 0.6 is 12.2 Å². The van der Waals surface area contributed by atoms with Gasteiger partial charge in [-0.3, -0.25) is 5.01 Å². The minimum atomic E-state index is -0.0593. The SMILES string of the molecule is CCC(C)(C)C1CCC2(CC1)NC(=S)N(c1ccc(C)c(C)c1)N2. The molecule has 1 aliphatic heterocycles. The van der Waals surface area contributed by atoms with Crippen molar-refractivity contribution in [2.75, 3.05) is 5.01 Å². The number of nitrogens with zero attached hydrogens (tertiary/aromatic N) is 1. The highest BCUT2D eigenvalue weighted by molar-refractivity contribution is 7.80. The van der Waals surface area contributed by atoms with Gasteiger partial charge in [0.05, 0.1) is 5.69 Å². The van der Waals surface area contributed by atoms with E-state index in [4.69, 9.17) is 12.2 Å². The molecule has 2 N–H and O–H groups in total. The molecule has 3 nitrogen and oxygen atoms in total. The predicted octanol–water partition coefficient (Wildman–Crippen LogP) is 4.83. The Balaban J connectivity index is 1.72. The first-order chi connectivity index (χ1) is 11.3. The van der Waals surface area contributed by atoms with Gasteiger partial charge in [0.25, 0.3) is 0 Å². The Bertz CT molecular complexity index is 630. The summed E-state index contributed by atoms with van der Waals surface area (Å²) in [6.07, 6.45) is 6.01. The van der Waals surface area contributed by atoms with Gasteiger partial charge < -0.3 is 5.32 Å². The average Bonchev–Trinajstić information content (AvgIpc) is 2.86. The van der Waals surface area contributed by atoms with Crippen LogP contribution in [0.2, 0.25) is 0 Å². The fraction of sp³-hybridized carbons (Fsp3) is 0.650. The van der Waals surface area contributed by atoms with E-state index in [-0.39, 0.29) is 5.66 Å². The Morgan fingerprint density at radius 3 is 2.46 bits per heavy atom. The second-order valence-corrected chi connectivity index (χ2v) is 8.73. The van der Waals surface area contributed by atoms with Crippen molar-refractivity contribution in [2.45, 2.75) is 72.4 Å². The first kappa shape index (κ1) is 17.7. The molecule has 24 heavy (non-hydrogen) atoms. The van der Waals surface area contributed by atoms with Crippen LogP contribution in [-0.4, -0.2) is 10.8 Å². The van der Waals surface area contributed by atoms with Crippen molar-refractivity contribution in [1.82, 2.24) is 10.7 Å². The van der Waals surface area contributed by atoms with Crippen LogP contribution in [0.25, 0.3) is 0 Å². The fourth-order valence-corrected chi connectivity index (χ4v) is 4.36. The summed E-state index contributed by atoms with van der Waals surface area (Å²) in [5.41, 5.74) is 7.81. The molecule has 3 rings (SSSR count). The monoisotopic (exact) mass is 345 g/mol. The summed E-state index contributed by atoms with van der Waals surface area (Å²) < 4.78 is 0. The van der Waals surface area contributed by atoms with Crippen LogP contribution in [0.3, 0.4) is 0 Å². The van der Waals surface area contributed by atoms with E-state index in [1.54, 1.807) is 0 Å². The van der Waals surface area contributed by atoms with E-state index in [1.165, 1.54) is 30.4 Å². The number of thiocarbonyl (C=S) groups is 1. The van der Waals surface area contributed by atoms with Crippen LogP contribution in [-0.2, 0) is 0 Å². The molecule has 0 aromatic heterocycles. The Morgan fingerprint density at radius 2 is 1.88 bits per heavy atom. The van der Waals surface area contributed by atoms with E-state index in [1.807, 2.05) is 0 Å². The smallest absolute Gasteiger partial charge is 0.189 e. The molecule has 1 aromatic rings. The Kier molecular flexibility index (Phi) is 4.65. The molecule has 0 atom stereocenters. The van der Waals surface area contributed by atoms with Gasteiger partial charge in [0.2, 0.25) is 0 Å². The number of rotatable bonds is 3. The van der Waals surface area contributed by atoms with Crippen molar-refractivity contribution in [2.24, 2.45) is 11.3 Å². The van der Waals surface area contributed by atoms with Crippen LogP contribution in [0.1, 0.15) is 64.0 Å². The van der Waals surface area contributed by atoms with E-state index in [0.29, 0.717) is 5.41 Å². The molecule has 0 amide bonds. The minimum absolute atomic E-state index is 0.0593. The molecule has 0 unspecified atom stereocenters. The van der Waals surface area contributed by atoms with Crippen LogP contribution in [0.5, 0.6) is 0 Å². The lowest BCUT2D eigenvalue weighted by molar-refractivity contribution is 0.0997. The largest absolute Gasteiger partial charge is 0.342 e. The van der Waals surface area contributed by atoms with E-state index in [2.05, 4.69) is 68.6 Å². The van der Waals surface area contributed by atoms with Gasteiger partial charge in [0.1, 0.15) is 5.66 Å². The normalized spacial score (nSPS) is 27.6. The maximum absolute atomic E-state index is 5.63. The summed E-state index contributed by atoms with van der Waals surface area (Å²) >= 11 is 5.63. The summed E-state index contributed by atoms with van der Waals surface area (Å²) in [6, 6.07) is 6.52. The van der Waals surface area contributed by atoms with E-state index in [0.717, 1.165) is 29.6 Å². The Morgan fingerprint density at radius 1 is 1.21 bits per heavy atom. The molecule has 1 aliphatic carbocycles. The number of aryl methyl sites for hydroxylation is 2. The van der Waals surface area contributed by atoms with E-state index in [9.17, 15) is 0 Å². The summed E-state index contributed by atoms with van der Waals surface area (Å²) in [7, 11) is 0. The fourth-order valence-electron chi connectivity index (χ4n) is 4.02. The summed E-state index contributed by atoms with van der Waals surface area (Å²) in [6.45, 7) is 11.4. The predicted molar refractivity (Wildman–Crippen MR) is 106 cm³/mol. The Labute approximate surface area is 152 Å². The van der Waals surface area contributed by atoms with Gasteiger partial charge in [-0.05, 0) is 86.3 Å². The molecule has 132 valence electrons.